The van der Waals surface area contributed by atoms with E-state index in [-0.39, 0.29) is 18.3 Å². The van der Waals surface area contributed by atoms with Crippen molar-refractivity contribution in [3.05, 3.63) is 59.2 Å². The van der Waals surface area contributed by atoms with Crippen LogP contribution in [0.3, 0.4) is 0 Å². The summed E-state index contributed by atoms with van der Waals surface area (Å²) in [7, 11) is 0. The SMILES string of the molecule is CC(=O)Nc1ccc(CCN2CCC[C@H]3c4cc(C#N)ccc4OC[C@@H]32)cc1.Cl. The average Bonchev–Trinajstić information content (AvgIpc) is 2.72. The number of fused-ring (bicyclic) bond motifs is 3. The molecule has 4 rings (SSSR count). The Bertz CT molecular complexity index is 907. The Kier molecular flexibility index (Phi) is 6.79. The highest BCUT2D eigenvalue weighted by Gasteiger charge is 2.37. The number of anilines is 1. The van der Waals surface area contributed by atoms with E-state index in [9.17, 15) is 10.1 Å². The summed E-state index contributed by atoms with van der Waals surface area (Å²) in [6, 6.07) is 16.5. The van der Waals surface area contributed by atoms with Gasteiger partial charge in [-0.05, 0) is 61.7 Å². The molecule has 1 N–H and O–H groups in total. The number of likely N-dealkylation sites (tertiary alicyclic amines) is 1. The maximum atomic E-state index is 11.1. The Morgan fingerprint density at radius 1 is 1.28 bits per heavy atom. The highest BCUT2D eigenvalue weighted by Crippen LogP contribution is 2.41. The molecule has 2 aromatic carbocycles. The lowest BCUT2D eigenvalue weighted by atomic mass is 9.81. The zero-order valence-electron chi connectivity index (χ0n) is 16.6. The fraction of sp³-hybridized carbons (Fsp3) is 0.391. The quantitative estimate of drug-likeness (QED) is 0.821. The summed E-state index contributed by atoms with van der Waals surface area (Å²) >= 11 is 0. The number of nitrogens with one attached hydrogen (secondary N) is 1. The highest BCUT2D eigenvalue weighted by molar-refractivity contribution is 5.88. The Morgan fingerprint density at radius 2 is 2.07 bits per heavy atom. The van der Waals surface area contributed by atoms with E-state index in [0.717, 1.165) is 37.4 Å². The minimum Gasteiger partial charge on any atom is -0.492 e. The molecule has 2 aliphatic rings. The molecule has 0 aliphatic carbocycles. The molecule has 0 bridgehead atoms. The summed E-state index contributed by atoms with van der Waals surface area (Å²) in [5.41, 5.74) is 4.00. The molecule has 0 unspecified atom stereocenters. The Labute approximate surface area is 178 Å². The monoisotopic (exact) mass is 411 g/mol. The summed E-state index contributed by atoms with van der Waals surface area (Å²) in [6.07, 6.45) is 3.28. The summed E-state index contributed by atoms with van der Waals surface area (Å²) in [5, 5.41) is 12.0. The summed E-state index contributed by atoms with van der Waals surface area (Å²) in [6.45, 7) is 4.30. The average molecular weight is 412 g/mol. The van der Waals surface area contributed by atoms with Gasteiger partial charge < -0.3 is 10.1 Å². The van der Waals surface area contributed by atoms with Crippen LogP contribution in [-0.4, -0.2) is 36.5 Å². The van der Waals surface area contributed by atoms with Crippen molar-refractivity contribution in [2.75, 3.05) is 25.0 Å². The van der Waals surface area contributed by atoms with Crippen LogP contribution >= 0.6 is 12.4 Å². The molecule has 0 saturated carbocycles. The fourth-order valence-corrected chi connectivity index (χ4v) is 4.43. The first-order chi connectivity index (χ1) is 13.6. The van der Waals surface area contributed by atoms with Crippen molar-refractivity contribution in [2.24, 2.45) is 0 Å². The van der Waals surface area contributed by atoms with Crippen molar-refractivity contribution in [1.29, 1.82) is 5.26 Å². The van der Waals surface area contributed by atoms with Gasteiger partial charge in [0.1, 0.15) is 12.4 Å². The molecule has 2 atom stereocenters. The van der Waals surface area contributed by atoms with Crippen molar-refractivity contribution in [2.45, 2.75) is 38.1 Å². The van der Waals surface area contributed by atoms with E-state index in [2.05, 4.69) is 28.4 Å². The van der Waals surface area contributed by atoms with Gasteiger partial charge in [0.15, 0.2) is 0 Å². The van der Waals surface area contributed by atoms with Gasteiger partial charge in [-0.1, -0.05) is 12.1 Å². The van der Waals surface area contributed by atoms with Crippen LogP contribution in [0.25, 0.3) is 0 Å². The van der Waals surface area contributed by atoms with Gasteiger partial charge in [-0.25, -0.2) is 0 Å². The van der Waals surface area contributed by atoms with Crippen LogP contribution in [0.1, 0.15) is 42.4 Å². The van der Waals surface area contributed by atoms with E-state index in [1.165, 1.54) is 24.5 Å². The van der Waals surface area contributed by atoms with Gasteiger partial charge in [-0.2, -0.15) is 5.26 Å². The van der Waals surface area contributed by atoms with Gasteiger partial charge in [0.2, 0.25) is 5.91 Å². The van der Waals surface area contributed by atoms with Gasteiger partial charge in [0, 0.05) is 30.6 Å². The van der Waals surface area contributed by atoms with Crippen LogP contribution in [0.15, 0.2) is 42.5 Å². The molecule has 0 spiro atoms. The second kappa shape index (κ2) is 9.30. The van der Waals surface area contributed by atoms with E-state index >= 15 is 0 Å². The molecule has 1 saturated heterocycles. The normalized spacial score (nSPS) is 20.3. The summed E-state index contributed by atoms with van der Waals surface area (Å²) in [5.74, 6) is 1.33. The maximum Gasteiger partial charge on any atom is 0.221 e. The van der Waals surface area contributed by atoms with Gasteiger partial charge in [0.25, 0.3) is 0 Å². The lowest BCUT2D eigenvalue weighted by Crippen LogP contribution is -2.50. The van der Waals surface area contributed by atoms with Crippen LogP contribution in [0, 0.1) is 11.3 Å². The van der Waals surface area contributed by atoms with Crippen molar-refractivity contribution in [3.63, 3.8) is 0 Å². The van der Waals surface area contributed by atoms with Crippen molar-refractivity contribution in [3.8, 4) is 11.8 Å². The largest absolute Gasteiger partial charge is 0.492 e. The van der Waals surface area contributed by atoms with Crippen LogP contribution in [0.5, 0.6) is 5.75 Å². The predicted molar refractivity (Wildman–Crippen MR) is 116 cm³/mol. The number of ether oxygens (including phenoxy) is 1. The molecule has 5 nitrogen and oxygen atoms in total. The van der Waals surface area contributed by atoms with E-state index in [0.29, 0.717) is 24.1 Å². The first-order valence-electron chi connectivity index (χ1n) is 9.91. The predicted octanol–water partition coefficient (Wildman–Crippen LogP) is 4.12. The van der Waals surface area contributed by atoms with Crippen LogP contribution < -0.4 is 10.1 Å². The lowest BCUT2D eigenvalue weighted by Gasteiger charge is -2.44. The highest BCUT2D eigenvalue weighted by atomic mass is 35.5. The number of rotatable bonds is 4. The number of benzene rings is 2. The lowest BCUT2D eigenvalue weighted by molar-refractivity contribution is -0.114. The third-order valence-corrected chi connectivity index (χ3v) is 5.80. The zero-order chi connectivity index (χ0) is 19.5. The molecular weight excluding hydrogens is 386 g/mol. The first kappa shape index (κ1) is 21.2. The molecule has 152 valence electrons. The standard InChI is InChI=1S/C23H25N3O2.ClH/c1-16(27)25-19-7-4-17(5-8-19)10-12-26-11-2-3-20-21-13-18(14-24)6-9-23(21)28-15-22(20)26;/h4-9,13,20,22H,2-3,10-12,15H2,1H3,(H,25,27);1H/t20-,22-;/m0./s1. The zero-order valence-corrected chi connectivity index (χ0v) is 17.4. The molecule has 2 aliphatic heterocycles. The second-order valence-electron chi connectivity index (χ2n) is 7.66. The molecule has 1 fully saturated rings. The maximum absolute atomic E-state index is 11.1. The Hall–Kier alpha value is -2.55. The van der Waals surface area contributed by atoms with Crippen LogP contribution in [-0.2, 0) is 11.2 Å². The molecule has 0 radical (unpaired) electrons. The van der Waals surface area contributed by atoms with E-state index in [1.54, 1.807) is 0 Å². The number of hydrogen-bond acceptors (Lipinski definition) is 4. The molecule has 29 heavy (non-hydrogen) atoms. The third-order valence-electron chi connectivity index (χ3n) is 5.80. The Morgan fingerprint density at radius 3 is 2.79 bits per heavy atom. The molecule has 6 heteroatoms. The molecule has 0 aromatic heterocycles. The number of carbonyl (C=O) groups excluding carboxylic acids is 1. The molecule has 2 aromatic rings. The summed E-state index contributed by atoms with van der Waals surface area (Å²) in [4.78, 5) is 13.7. The number of carbonyl (C=O) groups is 1. The molecule has 1 amide bonds. The topological polar surface area (TPSA) is 65.4 Å². The van der Waals surface area contributed by atoms with Gasteiger partial charge >= 0.3 is 0 Å². The van der Waals surface area contributed by atoms with Crippen molar-refractivity contribution in [1.82, 2.24) is 4.90 Å². The number of nitriles is 1. The molecular formula is C23H26ClN3O2. The minimum absolute atomic E-state index is 0. The first-order valence-corrected chi connectivity index (χ1v) is 9.91. The van der Waals surface area contributed by atoms with Gasteiger partial charge in [-0.3, -0.25) is 9.69 Å². The smallest absolute Gasteiger partial charge is 0.221 e. The third kappa shape index (κ3) is 4.72. The number of amides is 1. The van der Waals surface area contributed by atoms with Gasteiger partial charge in [-0.15, -0.1) is 12.4 Å². The summed E-state index contributed by atoms with van der Waals surface area (Å²) < 4.78 is 6.04. The van der Waals surface area contributed by atoms with Crippen molar-refractivity contribution >= 4 is 24.0 Å². The number of hydrogen-bond donors (Lipinski definition) is 1. The van der Waals surface area contributed by atoms with Crippen LogP contribution in [0.2, 0.25) is 0 Å². The van der Waals surface area contributed by atoms with E-state index in [1.807, 2.05) is 30.3 Å². The fourth-order valence-electron chi connectivity index (χ4n) is 4.43. The molecule has 2 heterocycles. The van der Waals surface area contributed by atoms with E-state index < -0.39 is 0 Å². The van der Waals surface area contributed by atoms with Crippen molar-refractivity contribution < 1.29 is 9.53 Å². The Balaban J connectivity index is 0.00000240. The van der Waals surface area contributed by atoms with Gasteiger partial charge in [0.05, 0.1) is 17.7 Å². The second-order valence-corrected chi connectivity index (χ2v) is 7.66. The van der Waals surface area contributed by atoms with Crippen LogP contribution in [0.4, 0.5) is 5.69 Å². The number of piperidine rings is 1. The number of halogens is 1. The minimum atomic E-state index is -0.0516. The number of nitrogens with zero attached hydrogens (tertiary/aromatic N) is 2. The van der Waals surface area contributed by atoms with E-state index in [4.69, 9.17) is 4.74 Å².